The molecule has 0 aliphatic rings. The van der Waals surface area contributed by atoms with E-state index in [4.69, 9.17) is 14.4 Å². The predicted molar refractivity (Wildman–Crippen MR) is 107 cm³/mol. The largest absolute Gasteiger partial charge is 0.467 e. The van der Waals surface area contributed by atoms with E-state index >= 15 is 0 Å². The van der Waals surface area contributed by atoms with Gasteiger partial charge in [0.15, 0.2) is 0 Å². The first-order chi connectivity index (χ1) is 13.3. The maximum absolute atomic E-state index is 12.1. The molecule has 0 aliphatic heterocycles. The molecule has 27 heavy (non-hydrogen) atoms. The number of carbonyl (C=O) groups excluding carboxylic acids is 1. The number of rotatable bonds is 3. The lowest BCUT2D eigenvalue weighted by atomic mass is 10.2. The Balaban J connectivity index is 1.46. The Morgan fingerprint density at radius 3 is 2.70 bits per heavy atom. The van der Waals surface area contributed by atoms with Crippen molar-refractivity contribution in [3.8, 4) is 0 Å². The number of furan rings is 1. The maximum Gasteiger partial charge on any atom is 0.319 e. The lowest BCUT2D eigenvalue weighted by molar-refractivity contribution is 0.251. The highest BCUT2D eigenvalue weighted by Gasteiger charge is 2.11. The molecule has 132 valence electrons. The molecule has 0 aliphatic carbocycles. The number of hydrogen-bond acceptors (Lipinski definition) is 5. The maximum atomic E-state index is 12.1. The van der Waals surface area contributed by atoms with Gasteiger partial charge < -0.3 is 15.1 Å². The van der Waals surface area contributed by atoms with Crippen LogP contribution in [0.15, 0.2) is 65.3 Å². The lowest BCUT2D eigenvalue weighted by Gasteiger charge is -2.06. The van der Waals surface area contributed by atoms with Crippen LogP contribution in [0.4, 0.5) is 10.5 Å². The molecule has 2 aromatic carbocycles. The Hall–Kier alpha value is -3.45. The molecule has 3 aromatic heterocycles. The number of nitrogens with zero attached hydrogens (tertiary/aromatic N) is 2. The smallest absolute Gasteiger partial charge is 0.319 e. The third-order valence-corrected chi connectivity index (χ3v) is 5.29. The summed E-state index contributed by atoms with van der Waals surface area (Å²) in [5.74, 6) is 0.701. The number of thiophene rings is 1. The molecule has 0 bridgehead atoms. The highest BCUT2D eigenvalue weighted by atomic mass is 32.1. The Labute approximate surface area is 157 Å². The van der Waals surface area contributed by atoms with Gasteiger partial charge in [-0.3, -0.25) is 0 Å². The molecular weight excluding hydrogens is 360 g/mol. The predicted octanol–water partition coefficient (Wildman–Crippen LogP) is 4.91. The van der Waals surface area contributed by atoms with Crippen LogP contribution in [0, 0.1) is 0 Å². The van der Waals surface area contributed by atoms with Crippen LogP contribution in [0.3, 0.4) is 0 Å². The van der Waals surface area contributed by atoms with Crippen LogP contribution in [0.2, 0.25) is 0 Å². The van der Waals surface area contributed by atoms with Crippen molar-refractivity contribution in [2.45, 2.75) is 6.54 Å². The van der Waals surface area contributed by atoms with E-state index in [1.165, 1.54) is 0 Å². The van der Waals surface area contributed by atoms with Crippen LogP contribution in [-0.2, 0) is 6.54 Å². The van der Waals surface area contributed by atoms with E-state index in [1.807, 2.05) is 48.5 Å². The van der Waals surface area contributed by atoms with Crippen LogP contribution in [0.1, 0.15) is 5.76 Å². The van der Waals surface area contributed by atoms with Crippen LogP contribution in [0.25, 0.3) is 31.5 Å². The standard InChI is InChI=1S/C20H14N4O2S/c25-20(21-11-13-4-3-9-26-13)22-12-7-8-17-14(10-12)18-19(27-17)24-16-6-2-1-5-15(16)23-18/h1-10H,11H2,(H2,21,22,25). The quantitative estimate of drug-likeness (QED) is 0.470. The monoisotopic (exact) mass is 374 g/mol. The summed E-state index contributed by atoms with van der Waals surface area (Å²) in [4.78, 5) is 22.5. The molecule has 0 atom stereocenters. The van der Waals surface area contributed by atoms with Crippen molar-refractivity contribution in [1.29, 1.82) is 0 Å². The van der Waals surface area contributed by atoms with Gasteiger partial charge in [-0.05, 0) is 42.5 Å². The second kappa shape index (κ2) is 6.37. The van der Waals surface area contributed by atoms with Gasteiger partial charge in [-0.2, -0.15) is 0 Å². The van der Waals surface area contributed by atoms with Gasteiger partial charge in [-0.25, -0.2) is 14.8 Å². The molecule has 0 fully saturated rings. The molecule has 0 saturated carbocycles. The summed E-state index contributed by atoms with van der Waals surface area (Å²) in [6.07, 6.45) is 1.58. The molecule has 7 heteroatoms. The Kier molecular flexibility index (Phi) is 3.72. The van der Waals surface area contributed by atoms with E-state index < -0.39 is 0 Å². The molecule has 5 rings (SSSR count). The molecule has 2 amide bonds. The van der Waals surface area contributed by atoms with Gasteiger partial charge in [0.2, 0.25) is 0 Å². The summed E-state index contributed by atoms with van der Waals surface area (Å²) in [7, 11) is 0. The van der Waals surface area contributed by atoms with E-state index in [9.17, 15) is 4.79 Å². The zero-order chi connectivity index (χ0) is 18.2. The van der Waals surface area contributed by atoms with Crippen LogP contribution in [-0.4, -0.2) is 16.0 Å². The number of aromatic nitrogens is 2. The number of nitrogens with one attached hydrogen (secondary N) is 2. The number of urea groups is 1. The molecule has 2 N–H and O–H groups in total. The van der Waals surface area contributed by atoms with Crippen molar-refractivity contribution >= 4 is 54.5 Å². The van der Waals surface area contributed by atoms with Crippen molar-refractivity contribution < 1.29 is 9.21 Å². The number of carbonyl (C=O) groups is 1. The van der Waals surface area contributed by atoms with Gasteiger partial charge in [-0.1, -0.05) is 12.1 Å². The summed E-state index contributed by atoms with van der Waals surface area (Å²) in [6, 6.07) is 16.9. The van der Waals surface area contributed by atoms with Crippen molar-refractivity contribution in [1.82, 2.24) is 15.3 Å². The van der Waals surface area contributed by atoms with E-state index in [-0.39, 0.29) is 6.03 Å². The van der Waals surface area contributed by atoms with Gasteiger partial charge in [-0.15, -0.1) is 11.3 Å². The third-order valence-electron chi connectivity index (χ3n) is 4.24. The number of para-hydroxylation sites is 2. The van der Waals surface area contributed by atoms with Crippen molar-refractivity contribution in [2.75, 3.05) is 5.32 Å². The average molecular weight is 374 g/mol. The topological polar surface area (TPSA) is 80.0 Å². The fraction of sp³-hybridized carbons (Fsp3) is 0.0500. The zero-order valence-corrected chi connectivity index (χ0v) is 14.9. The Morgan fingerprint density at radius 2 is 1.89 bits per heavy atom. The number of benzene rings is 2. The van der Waals surface area contributed by atoms with Crippen LogP contribution < -0.4 is 10.6 Å². The SMILES string of the molecule is O=C(NCc1ccco1)Nc1ccc2sc3nc4ccccc4nc3c2c1. The fourth-order valence-electron chi connectivity index (χ4n) is 2.97. The van der Waals surface area contributed by atoms with Gasteiger partial charge in [0.05, 0.1) is 23.8 Å². The summed E-state index contributed by atoms with van der Waals surface area (Å²) < 4.78 is 6.29. The van der Waals surface area contributed by atoms with Gasteiger partial charge >= 0.3 is 6.03 Å². The third kappa shape index (κ3) is 2.98. The van der Waals surface area contributed by atoms with Gasteiger partial charge in [0.25, 0.3) is 0 Å². The van der Waals surface area contributed by atoms with Crippen LogP contribution in [0.5, 0.6) is 0 Å². The highest BCUT2D eigenvalue weighted by molar-refractivity contribution is 7.25. The highest BCUT2D eigenvalue weighted by Crippen LogP contribution is 2.34. The van der Waals surface area contributed by atoms with E-state index in [0.29, 0.717) is 18.0 Å². The second-order valence-corrected chi connectivity index (χ2v) is 7.10. The molecule has 0 radical (unpaired) electrons. The second-order valence-electron chi connectivity index (χ2n) is 6.07. The molecule has 0 unspecified atom stereocenters. The zero-order valence-electron chi connectivity index (χ0n) is 14.1. The lowest BCUT2D eigenvalue weighted by Crippen LogP contribution is -2.27. The number of anilines is 1. The van der Waals surface area contributed by atoms with E-state index in [0.717, 1.165) is 31.5 Å². The van der Waals surface area contributed by atoms with E-state index in [2.05, 4.69) is 10.6 Å². The minimum Gasteiger partial charge on any atom is -0.467 e. The first-order valence-corrected chi connectivity index (χ1v) is 9.24. The molecule has 3 heterocycles. The summed E-state index contributed by atoms with van der Waals surface area (Å²) in [5.41, 5.74) is 3.30. The average Bonchev–Trinajstić information content (AvgIpc) is 3.32. The minimum absolute atomic E-state index is 0.290. The normalized spacial score (nSPS) is 11.3. The van der Waals surface area contributed by atoms with Crippen molar-refractivity contribution in [2.24, 2.45) is 0 Å². The number of fused-ring (bicyclic) bond motifs is 4. The van der Waals surface area contributed by atoms with Crippen molar-refractivity contribution in [3.05, 3.63) is 66.6 Å². The van der Waals surface area contributed by atoms with Crippen molar-refractivity contribution in [3.63, 3.8) is 0 Å². The van der Waals surface area contributed by atoms with Gasteiger partial charge in [0.1, 0.15) is 16.1 Å². The number of amides is 2. The summed E-state index contributed by atoms with van der Waals surface area (Å²) in [5, 5.41) is 6.60. The summed E-state index contributed by atoms with van der Waals surface area (Å²) in [6.45, 7) is 0.333. The van der Waals surface area contributed by atoms with Gasteiger partial charge in [0, 0.05) is 15.8 Å². The molecule has 5 aromatic rings. The minimum atomic E-state index is -0.290. The molecule has 0 saturated heterocycles. The number of hydrogen-bond donors (Lipinski definition) is 2. The first-order valence-electron chi connectivity index (χ1n) is 8.42. The fourth-order valence-corrected chi connectivity index (χ4v) is 3.98. The molecule has 6 nitrogen and oxygen atoms in total. The Bertz CT molecular complexity index is 1280. The van der Waals surface area contributed by atoms with E-state index in [1.54, 1.807) is 23.7 Å². The first kappa shape index (κ1) is 15.8. The van der Waals surface area contributed by atoms with Crippen LogP contribution >= 0.6 is 11.3 Å². The summed E-state index contributed by atoms with van der Waals surface area (Å²) >= 11 is 1.60. The molecular formula is C20H14N4O2S. The Morgan fingerprint density at radius 1 is 1.04 bits per heavy atom. The molecule has 0 spiro atoms.